The lowest BCUT2D eigenvalue weighted by molar-refractivity contribution is 0.134. The van der Waals surface area contributed by atoms with E-state index in [-0.39, 0.29) is 24.0 Å². The van der Waals surface area contributed by atoms with Gasteiger partial charge in [-0.25, -0.2) is 9.98 Å². The average molecular weight is 488 g/mol. The van der Waals surface area contributed by atoms with E-state index in [1.165, 1.54) is 11.1 Å². The highest BCUT2D eigenvalue weighted by atomic mass is 127. The molecule has 0 aliphatic rings. The van der Waals surface area contributed by atoms with Gasteiger partial charge in [0.05, 0.1) is 30.4 Å². The third-order valence-electron chi connectivity index (χ3n) is 3.67. The van der Waals surface area contributed by atoms with Crippen molar-refractivity contribution in [2.75, 3.05) is 20.2 Å². The van der Waals surface area contributed by atoms with E-state index < -0.39 is 0 Å². The lowest BCUT2D eigenvalue weighted by Crippen LogP contribution is -2.38. The maximum absolute atomic E-state index is 5.43. The van der Waals surface area contributed by atoms with Crippen molar-refractivity contribution in [2.45, 2.75) is 40.5 Å². The Kier molecular flexibility index (Phi) is 10.8. The average Bonchev–Trinajstić information content (AvgIpc) is 3.02. The van der Waals surface area contributed by atoms with Gasteiger partial charge in [0.2, 0.25) is 0 Å². The van der Waals surface area contributed by atoms with Crippen LogP contribution in [-0.4, -0.2) is 36.0 Å². The van der Waals surface area contributed by atoms with Gasteiger partial charge in [-0.2, -0.15) is 0 Å². The van der Waals surface area contributed by atoms with Gasteiger partial charge in [-0.15, -0.1) is 35.3 Å². The monoisotopic (exact) mass is 488 g/mol. The van der Waals surface area contributed by atoms with E-state index in [1.54, 1.807) is 11.3 Å². The predicted molar refractivity (Wildman–Crippen MR) is 120 cm³/mol. The molecule has 2 aromatic rings. The van der Waals surface area contributed by atoms with Gasteiger partial charge in [0, 0.05) is 25.6 Å². The molecule has 0 aliphatic heterocycles. The first-order chi connectivity index (χ1) is 12.1. The fraction of sp³-hybridized carbons (Fsp3) is 0.474. The normalized spacial score (nSPS) is 11.2. The summed E-state index contributed by atoms with van der Waals surface area (Å²) in [7, 11) is 2.04. The molecule has 0 bridgehead atoms. The summed E-state index contributed by atoms with van der Waals surface area (Å²) in [5, 5.41) is 6.55. The largest absolute Gasteiger partial charge is 0.377 e. The van der Waals surface area contributed by atoms with Crippen LogP contribution in [0.15, 0.2) is 34.6 Å². The van der Waals surface area contributed by atoms with E-state index in [2.05, 4.69) is 51.8 Å². The molecule has 0 spiro atoms. The van der Waals surface area contributed by atoms with E-state index in [1.807, 2.05) is 20.9 Å². The summed E-state index contributed by atoms with van der Waals surface area (Å²) < 4.78 is 5.43. The lowest BCUT2D eigenvalue weighted by Gasteiger charge is -2.21. The van der Waals surface area contributed by atoms with Crippen LogP contribution in [-0.2, 0) is 24.4 Å². The zero-order chi connectivity index (χ0) is 18.1. The molecule has 5 nitrogen and oxygen atoms in total. The Morgan fingerprint density at radius 3 is 2.50 bits per heavy atom. The molecule has 2 rings (SSSR count). The maximum Gasteiger partial charge on any atom is 0.194 e. The Hall–Kier alpha value is -1.19. The summed E-state index contributed by atoms with van der Waals surface area (Å²) in [5.41, 5.74) is 3.46. The second kappa shape index (κ2) is 12.2. The number of ether oxygens (including phenoxy) is 1. The summed E-state index contributed by atoms with van der Waals surface area (Å²) >= 11 is 1.68. The van der Waals surface area contributed by atoms with Crippen molar-refractivity contribution in [2.24, 2.45) is 4.99 Å². The molecule has 0 saturated carbocycles. The molecule has 1 N–H and O–H groups in total. The van der Waals surface area contributed by atoms with Gasteiger partial charge in [-0.05, 0) is 31.9 Å². The van der Waals surface area contributed by atoms with Crippen molar-refractivity contribution in [1.29, 1.82) is 0 Å². The van der Waals surface area contributed by atoms with Crippen LogP contribution < -0.4 is 5.32 Å². The number of hydrogen-bond donors (Lipinski definition) is 1. The molecule has 7 heteroatoms. The zero-order valence-electron chi connectivity index (χ0n) is 16.0. The SMILES string of the molecule is CCNC(=NCc1ccc(COCC)cc1)N(C)Cc1csc(C)n1.I. The molecule has 0 aliphatic carbocycles. The molecule has 0 radical (unpaired) electrons. The number of rotatable bonds is 8. The minimum atomic E-state index is 0. The Morgan fingerprint density at radius 1 is 1.23 bits per heavy atom. The second-order valence-electron chi connectivity index (χ2n) is 5.84. The molecule has 1 heterocycles. The fourth-order valence-electron chi connectivity index (χ4n) is 2.40. The highest BCUT2D eigenvalue weighted by Crippen LogP contribution is 2.11. The van der Waals surface area contributed by atoms with Crippen molar-refractivity contribution in [3.8, 4) is 0 Å². The zero-order valence-corrected chi connectivity index (χ0v) is 19.1. The van der Waals surface area contributed by atoms with Gasteiger partial charge in [-0.1, -0.05) is 24.3 Å². The topological polar surface area (TPSA) is 49.8 Å². The summed E-state index contributed by atoms with van der Waals surface area (Å²) in [6.07, 6.45) is 0. The Balaban J connectivity index is 0.00000338. The molecule has 1 aromatic heterocycles. The standard InChI is InChI=1S/C19H28N4OS.HI/c1-5-20-19(23(4)12-18-14-25-15(3)22-18)21-11-16-7-9-17(10-8-16)13-24-6-2;/h7-10,14H,5-6,11-13H2,1-4H3,(H,20,21);1H. The first-order valence-electron chi connectivity index (χ1n) is 8.68. The van der Waals surface area contributed by atoms with Crippen LogP contribution in [0.2, 0.25) is 0 Å². The van der Waals surface area contributed by atoms with E-state index in [0.29, 0.717) is 13.2 Å². The third kappa shape index (κ3) is 7.59. The maximum atomic E-state index is 5.43. The van der Waals surface area contributed by atoms with E-state index >= 15 is 0 Å². The number of nitrogens with zero attached hydrogens (tertiary/aromatic N) is 3. The fourth-order valence-corrected chi connectivity index (χ4v) is 3.00. The lowest BCUT2D eigenvalue weighted by atomic mass is 10.1. The number of benzene rings is 1. The number of thiazole rings is 1. The van der Waals surface area contributed by atoms with Crippen molar-refractivity contribution >= 4 is 41.3 Å². The van der Waals surface area contributed by atoms with E-state index in [0.717, 1.165) is 36.4 Å². The Morgan fingerprint density at radius 2 is 1.92 bits per heavy atom. The summed E-state index contributed by atoms with van der Waals surface area (Å²) in [6, 6.07) is 8.45. The minimum absolute atomic E-state index is 0. The first-order valence-corrected chi connectivity index (χ1v) is 9.56. The predicted octanol–water partition coefficient (Wildman–Crippen LogP) is 4.20. The van der Waals surface area contributed by atoms with Crippen molar-refractivity contribution in [1.82, 2.24) is 15.2 Å². The van der Waals surface area contributed by atoms with Gasteiger partial charge in [0.25, 0.3) is 0 Å². The van der Waals surface area contributed by atoms with E-state index in [4.69, 9.17) is 9.73 Å². The van der Waals surface area contributed by atoms with Gasteiger partial charge in [-0.3, -0.25) is 0 Å². The van der Waals surface area contributed by atoms with Crippen LogP contribution in [0.1, 0.15) is 35.7 Å². The number of hydrogen-bond acceptors (Lipinski definition) is 4. The second-order valence-corrected chi connectivity index (χ2v) is 6.90. The quantitative estimate of drug-likeness (QED) is 0.344. The Bertz CT molecular complexity index is 672. The number of aromatic nitrogens is 1. The molecule has 0 atom stereocenters. The third-order valence-corrected chi connectivity index (χ3v) is 4.49. The number of halogens is 1. The number of guanidine groups is 1. The number of aliphatic imine (C=N–C) groups is 1. The van der Waals surface area contributed by atoms with E-state index in [9.17, 15) is 0 Å². The number of aryl methyl sites for hydroxylation is 1. The molecule has 0 amide bonds. The Labute approximate surface area is 177 Å². The molecular formula is C19H29IN4OS. The summed E-state index contributed by atoms with van der Waals surface area (Å²) in [4.78, 5) is 11.4. The van der Waals surface area contributed by atoms with Crippen molar-refractivity contribution < 1.29 is 4.74 Å². The first kappa shape index (κ1) is 22.9. The molecular weight excluding hydrogens is 459 g/mol. The van der Waals surface area contributed by atoms with Crippen LogP contribution >= 0.6 is 35.3 Å². The highest BCUT2D eigenvalue weighted by Gasteiger charge is 2.08. The molecule has 0 saturated heterocycles. The molecule has 144 valence electrons. The van der Waals surface area contributed by atoms with Crippen molar-refractivity contribution in [3.05, 3.63) is 51.5 Å². The number of nitrogens with one attached hydrogen (secondary N) is 1. The van der Waals surface area contributed by atoms with Gasteiger partial charge in [0.1, 0.15) is 0 Å². The molecule has 1 aromatic carbocycles. The molecule has 0 fully saturated rings. The smallest absolute Gasteiger partial charge is 0.194 e. The highest BCUT2D eigenvalue weighted by molar-refractivity contribution is 14.0. The van der Waals surface area contributed by atoms with Crippen LogP contribution in [0.25, 0.3) is 0 Å². The van der Waals surface area contributed by atoms with Crippen LogP contribution in [0, 0.1) is 6.92 Å². The molecule has 0 unspecified atom stereocenters. The van der Waals surface area contributed by atoms with Crippen LogP contribution in [0.4, 0.5) is 0 Å². The van der Waals surface area contributed by atoms with Crippen LogP contribution in [0.3, 0.4) is 0 Å². The van der Waals surface area contributed by atoms with Crippen LogP contribution in [0.5, 0.6) is 0 Å². The van der Waals surface area contributed by atoms with Gasteiger partial charge >= 0.3 is 0 Å². The summed E-state index contributed by atoms with van der Waals surface area (Å²) in [5.74, 6) is 0.895. The molecule has 26 heavy (non-hydrogen) atoms. The minimum Gasteiger partial charge on any atom is -0.377 e. The van der Waals surface area contributed by atoms with Crippen molar-refractivity contribution in [3.63, 3.8) is 0 Å². The summed E-state index contributed by atoms with van der Waals surface area (Å²) in [6.45, 7) is 9.77. The van der Waals surface area contributed by atoms with Gasteiger partial charge in [0.15, 0.2) is 5.96 Å². The van der Waals surface area contributed by atoms with Gasteiger partial charge < -0.3 is 15.0 Å².